The highest BCUT2D eigenvalue weighted by molar-refractivity contribution is 5.97. The molecule has 0 saturated carbocycles. The average Bonchev–Trinajstić information content (AvgIpc) is 3.25. The van der Waals surface area contributed by atoms with E-state index in [4.69, 9.17) is 0 Å². The third-order valence-corrected chi connectivity index (χ3v) is 4.15. The van der Waals surface area contributed by atoms with Gasteiger partial charge in [0.2, 0.25) is 0 Å². The number of aromatic nitrogens is 5. The van der Waals surface area contributed by atoms with E-state index in [0.717, 1.165) is 24.9 Å². The van der Waals surface area contributed by atoms with Crippen molar-refractivity contribution in [1.82, 2.24) is 30.1 Å². The fraction of sp³-hybridized carbons (Fsp3) is 0.333. The Balaban J connectivity index is 1.56. The lowest BCUT2D eigenvalue weighted by atomic mass is 10.0. The van der Waals surface area contributed by atoms with Gasteiger partial charge in [-0.15, -0.1) is 0 Å². The molecule has 1 aliphatic heterocycles. The Morgan fingerprint density at radius 1 is 1.27 bits per heavy atom. The quantitative estimate of drug-likeness (QED) is 0.779. The number of fused-ring (bicyclic) bond motifs is 1. The minimum Gasteiger partial charge on any atom is -0.337 e. The van der Waals surface area contributed by atoms with Crippen LogP contribution in [0, 0.1) is 0 Å². The van der Waals surface area contributed by atoms with Gasteiger partial charge in [-0.1, -0.05) is 0 Å². The summed E-state index contributed by atoms with van der Waals surface area (Å²) in [6, 6.07) is 7.59. The molecule has 3 heterocycles. The van der Waals surface area contributed by atoms with Crippen LogP contribution >= 0.6 is 0 Å². The van der Waals surface area contributed by atoms with Crippen molar-refractivity contribution in [1.29, 1.82) is 0 Å². The van der Waals surface area contributed by atoms with Gasteiger partial charge in [0.25, 0.3) is 5.91 Å². The summed E-state index contributed by atoms with van der Waals surface area (Å²) < 4.78 is 1.94. The molecule has 2 aromatic heterocycles. The zero-order valence-electron chi connectivity index (χ0n) is 12.0. The highest BCUT2D eigenvalue weighted by Gasteiger charge is 2.25. The van der Waals surface area contributed by atoms with Gasteiger partial charge >= 0.3 is 0 Å². The van der Waals surface area contributed by atoms with Crippen molar-refractivity contribution < 1.29 is 4.79 Å². The maximum Gasteiger partial charge on any atom is 0.254 e. The summed E-state index contributed by atoms with van der Waals surface area (Å²) in [6.45, 7) is 1.48. The van der Waals surface area contributed by atoms with Crippen molar-refractivity contribution in [3.05, 3.63) is 42.2 Å². The highest BCUT2D eigenvalue weighted by Crippen LogP contribution is 2.22. The van der Waals surface area contributed by atoms with Gasteiger partial charge in [-0.25, -0.2) is 0 Å². The van der Waals surface area contributed by atoms with Gasteiger partial charge in [-0.2, -0.15) is 20.5 Å². The van der Waals surface area contributed by atoms with Crippen molar-refractivity contribution in [2.24, 2.45) is 0 Å². The Labute approximate surface area is 126 Å². The van der Waals surface area contributed by atoms with Crippen LogP contribution in [0.25, 0.3) is 11.0 Å². The molecule has 1 fully saturated rings. The van der Waals surface area contributed by atoms with Gasteiger partial charge in [0.15, 0.2) is 0 Å². The normalized spacial score (nSPS) is 18.7. The number of piperidine rings is 1. The topological polar surface area (TPSA) is 79.7 Å². The van der Waals surface area contributed by atoms with Crippen LogP contribution in [0.15, 0.2) is 36.7 Å². The van der Waals surface area contributed by atoms with E-state index in [9.17, 15) is 4.79 Å². The summed E-state index contributed by atoms with van der Waals surface area (Å²) in [6.07, 6.45) is 5.77. The standard InChI is InChI=1S/C15H16N6O/c22-15(11-4-5-13-14(9-11)18-19-17-13)20-7-1-3-12(10-20)21-8-2-6-16-21/h2,4-6,8-9,12H,1,3,7,10H2,(H,17,18,19)/t12-/m1/s1. The first-order chi connectivity index (χ1) is 10.8. The van der Waals surface area contributed by atoms with Crippen LogP contribution < -0.4 is 0 Å². The van der Waals surface area contributed by atoms with Gasteiger partial charge < -0.3 is 4.90 Å². The highest BCUT2D eigenvalue weighted by atomic mass is 16.2. The fourth-order valence-electron chi connectivity index (χ4n) is 3.01. The van der Waals surface area contributed by atoms with Crippen LogP contribution in [0.2, 0.25) is 0 Å². The summed E-state index contributed by atoms with van der Waals surface area (Å²) >= 11 is 0. The van der Waals surface area contributed by atoms with Gasteiger partial charge in [0.1, 0.15) is 11.0 Å². The first-order valence-electron chi connectivity index (χ1n) is 7.40. The van der Waals surface area contributed by atoms with Crippen LogP contribution in [0.1, 0.15) is 29.2 Å². The predicted molar refractivity (Wildman–Crippen MR) is 80.3 cm³/mol. The number of aromatic amines is 1. The number of nitrogens with zero attached hydrogens (tertiary/aromatic N) is 5. The van der Waals surface area contributed by atoms with E-state index < -0.39 is 0 Å². The van der Waals surface area contributed by atoms with Crippen molar-refractivity contribution >= 4 is 16.9 Å². The van der Waals surface area contributed by atoms with Gasteiger partial charge in [-0.05, 0) is 37.1 Å². The van der Waals surface area contributed by atoms with Gasteiger partial charge in [-0.3, -0.25) is 9.48 Å². The largest absolute Gasteiger partial charge is 0.337 e. The summed E-state index contributed by atoms with van der Waals surface area (Å²) in [5.41, 5.74) is 2.14. The van der Waals surface area contributed by atoms with E-state index in [0.29, 0.717) is 17.6 Å². The van der Waals surface area contributed by atoms with Crippen LogP contribution in [-0.4, -0.2) is 49.1 Å². The van der Waals surface area contributed by atoms with E-state index in [1.54, 1.807) is 12.3 Å². The van der Waals surface area contributed by atoms with E-state index in [1.165, 1.54) is 0 Å². The number of H-pyrrole nitrogens is 1. The lowest BCUT2D eigenvalue weighted by Crippen LogP contribution is -2.40. The summed E-state index contributed by atoms with van der Waals surface area (Å²) in [5, 5.41) is 14.9. The SMILES string of the molecule is O=C(c1ccc2n[nH]nc2c1)N1CCC[C@@H](n2cccn2)C1. The van der Waals surface area contributed by atoms with Crippen LogP contribution in [0.3, 0.4) is 0 Å². The second kappa shape index (κ2) is 5.25. The predicted octanol–water partition coefficient (Wildman–Crippen LogP) is 1.63. The number of likely N-dealkylation sites (tertiary alicyclic amines) is 1. The second-order valence-electron chi connectivity index (χ2n) is 5.56. The molecule has 0 radical (unpaired) electrons. The Morgan fingerprint density at radius 3 is 3.05 bits per heavy atom. The molecular formula is C15H16N6O. The number of carbonyl (C=O) groups is 1. The third-order valence-electron chi connectivity index (χ3n) is 4.15. The molecule has 1 atom stereocenters. The molecular weight excluding hydrogens is 280 g/mol. The molecule has 7 heteroatoms. The number of benzene rings is 1. The Hall–Kier alpha value is -2.70. The zero-order valence-corrected chi connectivity index (χ0v) is 12.0. The van der Waals surface area contributed by atoms with Crippen molar-refractivity contribution in [2.45, 2.75) is 18.9 Å². The maximum atomic E-state index is 12.7. The minimum atomic E-state index is 0.0433. The van der Waals surface area contributed by atoms with E-state index in [-0.39, 0.29) is 11.9 Å². The van der Waals surface area contributed by atoms with Gasteiger partial charge in [0, 0.05) is 31.0 Å². The molecule has 1 amide bonds. The van der Waals surface area contributed by atoms with Crippen molar-refractivity contribution in [3.8, 4) is 0 Å². The number of nitrogens with one attached hydrogen (secondary N) is 1. The minimum absolute atomic E-state index is 0.0433. The smallest absolute Gasteiger partial charge is 0.254 e. The van der Waals surface area contributed by atoms with Crippen LogP contribution in [0.5, 0.6) is 0 Å². The number of rotatable bonds is 2. The summed E-state index contributed by atoms with van der Waals surface area (Å²) in [5.74, 6) is 0.0433. The summed E-state index contributed by atoms with van der Waals surface area (Å²) in [7, 11) is 0. The molecule has 3 aromatic rings. The molecule has 4 rings (SSSR count). The number of hydrogen-bond donors (Lipinski definition) is 1. The van der Waals surface area contributed by atoms with Crippen LogP contribution in [-0.2, 0) is 0 Å². The molecule has 112 valence electrons. The first kappa shape index (κ1) is 13.0. The van der Waals surface area contributed by atoms with E-state index in [2.05, 4.69) is 20.5 Å². The maximum absolute atomic E-state index is 12.7. The summed E-state index contributed by atoms with van der Waals surface area (Å²) in [4.78, 5) is 14.6. The molecule has 1 N–H and O–H groups in total. The van der Waals surface area contributed by atoms with Gasteiger partial charge in [0.05, 0.1) is 6.04 Å². The third kappa shape index (κ3) is 2.24. The Morgan fingerprint density at radius 2 is 2.18 bits per heavy atom. The molecule has 0 aliphatic carbocycles. The van der Waals surface area contributed by atoms with Crippen LogP contribution in [0.4, 0.5) is 0 Å². The molecule has 0 bridgehead atoms. The van der Waals surface area contributed by atoms with Crippen molar-refractivity contribution in [2.75, 3.05) is 13.1 Å². The molecule has 0 unspecified atom stereocenters. The lowest BCUT2D eigenvalue weighted by molar-refractivity contribution is 0.0673. The molecule has 0 spiro atoms. The molecule has 22 heavy (non-hydrogen) atoms. The lowest BCUT2D eigenvalue weighted by Gasteiger charge is -2.33. The number of amides is 1. The first-order valence-corrected chi connectivity index (χ1v) is 7.40. The second-order valence-corrected chi connectivity index (χ2v) is 5.56. The number of carbonyl (C=O) groups excluding carboxylic acids is 1. The Kier molecular flexibility index (Phi) is 3.10. The molecule has 1 aromatic carbocycles. The van der Waals surface area contributed by atoms with E-state index in [1.807, 2.05) is 34.0 Å². The monoisotopic (exact) mass is 296 g/mol. The van der Waals surface area contributed by atoms with E-state index >= 15 is 0 Å². The number of hydrogen-bond acceptors (Lipinski definition) is 4. The molecule has 1 aliphatic rings. The molecule has 7 nitrogen and oxygen atoms in total. The molecule has 1 saturated heterocycles. The van der Waals surface area contributed by atoms with Crippen molar-refractivity contribution in [3.63, 3.8) is 0 Å². The fourth-order valence-corrected chi connectivity index (χ4v) is 3.01. The zero-order chi connectivity index (χ0) is 14.9. The Bertz CT molecular complexity index is 793. The average molecular weight is 296 g/mol.